The minimum atomic E-state index is -0.283. The third-order valence-corrected chi connectivity index (χ3v) is 8.26. The van der Waals surface area contributed by atoms with E-state index in [1.54, 1.807) is 16.8 Å². The topological polar surface area (TPSA) is 71.3 Å². The number of hydrogen-bond donors (Lipinski definition) is 2. The van der Waals surface area contributed by atoms with Crippen molar-refractivity contribution in [2.75, 3.05) is 11.9 Å². The lowest BCUT2D eigenvalue weighted by atomic mass is 9.40. The molecule has 2 unspecified atom stereocenters. The van der Waals surface area contributed by atoms with Crippen LogP contribution in [0.5, 0.6) is 0 Å². The number of aromatic nitrogens is 1. The summed E-state index contributed by atoms with van der Waals surface area (Å²) < 4.78 is 1.55. The van der Waals surface area contributed by atoms with E-state index in [4.69, 9.17) is 0 Å². The maximum absolute atomic E-state index is 13.2. The molecule has 5 nitrogen and oxygen atoms in total. The monoisotopic (exact) mass is 422 g/mol. The van der Waals surface area contributed by atoms with Gasteiger partial charge < -0.3 is 15.0 Å². The van der Waals surface area contributed by atoms with Gasteiger partial charge in [0.2, 0.25) is 5.91 Å². The predicted molar refractivity (Wildman–Crippen MR) is 123 cm³/mol. The van der Waals surface area contributed by atoms with Gasteiger partial charge in [-0.3, -0.25) is 9.59 Å². The van der Waals surface area contributed by atoms with E-state index in [2.05, 4.69) is 19.2 Å². The highest BCUT2D eigenvalue weighted by molar-refractivity contribution is 6.02. The van der Waals surface area contributed by atoms with Crippen LogP contribution < -0.4 is 10.9 Å². The molecule has 1 heterocycles. The number of benzene rings is 1. The molecule has 1 aromatic heterocycles. The fourth-order valence-electron chi connectivity index (χ4n) is 8.25. The first kappa shape index (κ1) is 20.7. The maximum atomic E-state index is 13.2. The summed E-state index contributed by atoms with van der Waals surface area (Å²) in [4.78, 5) is 26.1. The van der Waals surface area contributed by atoms with Crippen molar-refractivity contribution in [2.45, 2.75) is 71.8 Å². The Bertz CT molecular complexity index is 1090. The van der Waals surface area contributed by atoms with Crippen molar-refractivity contribution in [1.29, 1.82) is 0 Å². The number of amides is 1. The average Bonchev–Trinajstić information content (AvgIpc) is 2.65. The third-order valence-electron chi connectivity index (χ3n) is 8.26. The van der Waals surface area contributed by atoms with Gasteiger partial charge in [0, 0.05) is 29.1 Å². The normalized spacial score (nSPS) is 34.8. The summed E-state index contributed by atoms with van der Waals surface area (Å²) >= 11 is 0. The summed E-state index contributed by atoms with van der Waals surface area (Å²) in [6, 6.07) is 7.07. The highest BCUT2D eigenvalue weighted by Crippen LogP contribution is 2.70. The van der Waals surface area contributed by atoms with Crippen LogP contribution in [-0.2, 0) is 4.79 Å². The first-order valence-corrected chi connectivity index (χ1v) is 11.7. The van der Waals surface area contributed by atoms with E-state index >= 15 is 0 Å². The summed E-state index contributed by atoms with van der Waals surface area (Å²) in [5.74, 6) is 0.832. The summed E-state index contributed by atoms with van der Waals surface area (Å²) in [5, 5.41) is 13.9. The number of pyridine rings is 1. The molecule has 31 heavy (non-hydrogen) atoms. The van der Waals surface area contributed by atoms with Crippen LogP contribution in [0.3, 0.4) is 0 Å². The third kappa shape index (κ3) is 3.51. The van der Waals surface area contributed by atoms with Crippen molar-refractivity contribution < 1.29 is 9.90 Å². The lowest BCUT2D eigenvalue weighted by Gasteiger charge is -2.65. The smallest absolute Gasteiger partial charge is 0.258 e. The van der Waals surface area contributed by atoms with Crippen LogP contribution in [0, 0.1) is 22.2 Å². The molecule has 4 bridgehead atoms. The van der Waals surface area contributed by atoms with Gasteiger partial charge in [-0.25, -0.2) is 0 Å². The zero-order valence-electron chi connectivity index (χ0n) is 18.9. The number of anilines is 1. The van der Waals surface area contributed by atoms with Gasteiger partial charge in [0.1, 0.15) is 0 Å². The van der Waals surface area contributed by atoms with E-state index in [-0.39, 0.29) is 29.5 Å². The maximum Gasteiger partial charge on any atom is 0.258 e. The molecular formula is C26H34N2O3. The number of aliphatic hydroxyl groups excluding tert-OH is 1. The van der Waals surface area contributed by atoms with Gasteiger partial charge in [0.15, 0.2) is 0 Å². The number of fused-ring (bicyclic) bond motifs is 1. The SMILES string of the molecule is C[C@@H](CO)n1ccc2c(NC(=O)CC34CC5CC(C)(CC(C)(C5)C3)C4)cccc2c1=O. The molecule has 5 heteroatoms. The number of rotatable bonds is 5. The fourth-order valence-corrected chi connectivity index (χ4v) is 8.25. The minimum Gasteiger partial charge on any atom is -0.394 e. The zero-order chi connectivity index (χ0) is 22.0. The molecule has 4 aliphatic carbocycles. The van der Waals surface area contributed by atoms with Crippen LogP contribution in [0.25, 0.3) is 10.8 Å². The standard InChI is InChI=1S/C26H34N2O3/c1-17(13-29)28-8-7-19-20(23(28)31)5-4-6-21(19)27-22(30)12-26-11-18-9-24(2,15-26)14-25(3,10-18)16-26/h4-8,17-18,29H,9-16H2,1-3H3,(H,27,30)/t17-,18?,24?,25?,26?/m0/s1. The van der Waals surface area contributed by atoms with E-state index in [9.17, 15) is 14.7 Å². The van der Waals surface area contributed by atoms with Gasteiger partial charge in [-0.2, -0.15) is 0 Å². The van der Waals surface area contributed by atoms with Crippen molar-refractivity contribution in [2.24, 2.45) is 22.2 Å². The molecule has 4 saturated carbocycles. The second-order valence-corrected chi connectivity index (χ2v) is 11.7. The van der Waals surface area contributed by atoms with E-state index < -0.39 is 0 Å². The molecule has 4 fully saturated rings. The van der Waals surface area contributed by atoms with Gasteiger partial charge in [-0.1, -0.05) is 19.9 Å². The largest absolute Gasteiger partial charge is 0.394 e. The van der Waals surface area contributed by atoms with Crippen molar-refractivity contribution >= 4 is 22.4 Å². The lowest BCUT2D eigenvalue weighted by molar-refractivity contribution is -0.153. The summed E-state index contributed by atoms with van der Waals surface area (Å²) in [7, 11) is 0. The fraction of sp³-hybridized carbons (Fsp3) is 0.615. The molecule has 4 aliphatic rings. The molecule has 0 aliphatic heterocycles. The van der Waals surface area contributed by atoms with Crippen LogP contribution in [0.4, 0.5) is 5.69 Å². The highest BCUT2D eigenvalue weighted by atomic mass is 16.3. The summed E-state index contributed by atoms with van der Waals surface area (Å²) in [5.41, 5.74) is 1.47. The zero-order valence-corrected chi connectivity index (χ0v) is 18.9. The number of carbonyl (C=O) groups is 1. The Morgan fingerprint density at radius 3 is 2.48 bits per heavy atom. The number of aliphatic hydroxyl groups is 1. The van der Waals surface area contributed by atoms with Crippen LogP contribution in [0.15, 0.2) is 35.3 Å². The first-order valence-electron chi connectivity index (χ1n) is 11.7. The van der Waals surface area contributed by atoms with Gasteiger partial charge in [0.25, 0.3) is 5.56 Å². The molecule has 2 N–H and O–H groups in total. The number of hydrogen-bond acceptors (Lipinski definition) is 3. The van der Waals surface area contributed by atoms with Gasteiger partial charge in [-0.05, 0) is 85.8 Å². The van der Waals surface area contributed by atoms with E-state index in [0.717, 1.165) is 11.3 Å². The molecule has 3 atom stereocenters. The van der Waals surface area contributed by atoms with Gasteiger partial charge >= 0.3 is 0 Å². The van der Waals surface area contributed by atoms with E-state index in [1.807, 2.05) is 25.1 Å². The summed E-state index contributed by atoms with van der Waals surface area (Å²) in [6.45, 7) is 6.59. The Balaban J connectivity index is 1.40. The van der Waals surface area contributed by atoms with Crippen LogP contribution >= 0.6 is 0 Å². The number of nitrogens with zero attached hydrogens (tertiary/aromatic N) is 1. The Labute approximate surface area is 183 Å². The van der Waals surface area contributed by atoms with Crippen LogP contribution in [-0.4, -0.2) is 22.2 Å². The molecule has 6 rings (SSSR count). The van der Waals surface area contributed by atoms with Crippen molar-refractivity contribution in [1.82, 2.24) is 4.57 Å². The molecule has 2 aromatic rings. The molecular weight excluding hydrogens is 388 g/mol. The molecule has 0 spiro atoms. The summed E-state index contributed by atoms with van der Waals surface area (Å²) in [6.07, 6.45) is 9.76. The van der Waals surface area contributed by atoms with Crippen molar-refractivity contribution in [3.8, 4) is 0 Å². The van der Waals surface area contributed by atoms with Gasteiger partial charge in [-0.15, -0.1) is 0 Å². The Kier molecular flexibility index (Phi) is 4.64. The predicted octanol–water partition coefficient (Wildman–Crippen LogP) is 4.88. The Hall–Kier alpha value is -2.14. The average molecular weight is 423 g/mol. The number of nitrogens with one attached hydrogen (secondary N) is 1. The second kappa shape index (κ2) is 6.93. The first-order chi connectivity index (χ1) is 14.6. The molecule has 0 radical (unpaired) electrons. The van der Waals surface area contributed by atoms with Crippen LogP contribution in [0.2, 0.25) is 0 Å². The quantitative estimate of drug-likeness (QED) is 0.721. The van der Waals surface area contributed by atoms with E-state index in [1.165, 1.54) is 38.5 Å². The van der Waals surface area contributed by atoms with E-state index in [0.29, 0.717) is 28.3 Å². The molecule has 1 aromatic carbocycles. The Morgan fingerprint density at radius 2 is 1.84 bits per heavy atom. The van der Waals surface area contributed by atoms with Crippen LogP contribution in [0.1, 0.15) is 71.8 Å². The molecule has 0 saturated heterocycles. The second-order valence-electron chi connectivity index (χ2n) is 11.7. The highest BCUT2D eigenvalue weighted by Gasteiger charge is 2.60. The lowest BCUT2D eigenvalue weighted by Crippen LogP contribution is -2.55. The van der Waals surface area contributed by atoms with Gasteiger partial charge in [0.05, 0.1) is 12.6 Å². The van der Waals surface area contributed by atoms with Crippen molar-refractivity contribution in [3.05, 3.63) is 40.8 Å². The Morgan fingerprint density at radius 1 is 1.13 bits per heavy atom. The van der Waals surface area contributed by atoms with Crippen molar-refractivity contribution in [3.63, 3.8) is 0 Å². The molecule has 1 amide bonds. The minimum absolute atomic E-state index is 0.0644. The molecule has 166 valence electrons. The number of carbonyl (C=O) groups excluding carboxylic acids is 1.